The van der Waals surface area contributed by atoms with E-state index in [4.69, 9.17) is 17.0 Å². The van der Waals surface area contributed by atoms with Gasteiger partial charge in [0.25, 0.3) is 5.91 Å². The van der Waals surface area contributed by atoms with Crippen molar-refractivity contribution in [2.75, 3.05) is 11.9 Å². The molecule has 0 heterocycles. The summed E-state index contributed by atoms with van der Waals surface area (Å²) < 4.78 is 5.47. The fraction of sp³-hybridized carbons (Fsp3) is 0.222. The van der Waals surface area contributed by atoms with Crippen LogP contribution in [0.2, 0.25) is 0 Å². The molecule has 0 fully saturated rings. The molecular formula is C18H20N2O2S. The van der Waals surface area contributed by atoms with Crippen LogP contribution >= 0.6 is 12.2 Å². The minimum Gasteiger partial charge on any atom is -0.493 e. The fourth-order valence-electron chi connectivity index (χ4n) is 2.21. The number of aryl methyl sites for hydroxylation is 2. The Labute approximate surface area is 141 Å². The van der Waals surface area contributed by atoms with Crippen molar-refractivity contribution in [3.8, 4) is 5.75 Å². The smallest absolute Gasteiger partial charge is 0.261 e. The highest BCUT2D eigenvalue weighted by Crippen LogP contribution is 2.18. The number of rotatable bonds is 4. The van der Waals surface area contributed by atoms with Crippen LogP contribution in [0.15, 0.2) is 42.5 Å². The lowest BCUT2D eigenvalue weighted by atomic mass is 10.1. The van der Waals surface area contributed by atoms with Crippen LogP contribution < -0.4 is 15.4 Å². The lowest BCUT2D eigenvalue weighted by Crippen LogP contribution is -2.34. The second-order valence-electron chi connectivity index (χ2n) is 5.16. The number of nitrogens with one attached hydrogen (secondary N) is 2. The van der Waals surface area contributed by atoms with Gasteiger partial charge in [-0.25, -0.2) is 0 Å². The second-order valence-corrected chi connectivity index (χ2v) is 5.56. The Morgan fingerprint density at radius 2 is 1.91 bits per heavy atom. The van der Waals surface area contributed by atoms with Gasteiger partial charge < -0.3 is 10.1 Å². The Kier molecular flexibility index (Phi) is 5.71. The highest BCUT2D eigenvalue weighted by atomic mass is 32.1. The maximum atomic E-state index is 12.4. The quantitative estimate of drug-likeness (QED) is 0.838. The number of carbonyl (C=O) groups is 1. The van der Waals surface area contributed by atoms with Gasteiger partial charge in [0.05, 0.1) is 12.2 Å². The number of thiocarbonyl (C=S) groups is 1. The van der Waals surface area contributed by atoms with Crippen LogP contribution in [0.25, 0.3) is 0 Å². The Morgan fingerprint density at radius 3 is 2.61 bits per heavy atom. The van der Waals surface area contributed by atoms with E-state index in [-0.39, 0.29) is 11.0 Å². The van der Waals surface area contributed by atoms with Crippen molar-refractivity contribution < 1.29 is 9.53 Å². The molecule has 0 aliphatic carbocycles. The van der Waals surface area contributed by atoms with Gasteiger partial charge in [-0.2, -0.15) is 0 Å². The topological polar surface area (TPSA) is 50.4 Å². The summed E-state index contributed by atoms with van der Waals surface area (Å²) in [7, 11) is 0. The average molecular weight is 328 g/mol. The van der Waals surface area contributed by atoms with Gasteiger partial charge in [0.1, 0.15) is 5.75 Å². The zero-order valence-electron chi connectivity index (χ0n) is 13.5. The predicted octanol–water partition coefficient (Wildman–Crippen LogP) is 3.83. The highest BCUT2D eigenvalue weighted by Gasteiger charge is 2.13. The number of amides is 1. The lowest BCUT2D eigenvalue weighted by Gasteiger charge is -2.13. The summed E-state index contributed by atoms with van der Waals surface area (Å²) in [5.41, 5.74) is 3.57. The van der Waals surface area contributed by atoms with Crippen molar-refractivity contribution in [2.24, 2.45) is 0 Å². The molecule has 0 unspecified atom stereocenters. The van der Waals surface area contributed by atoms with Crippen LogP contribution in [-0.4, -0.2) is 17.6 Å². The molecule has 0 spiro atoms. The summed E-state index contributed by atoms with van der Waals surface area (Å²) in [4.78, 5) is 12.4. The summed E-state index contributed by atoms with van der Waals surface area (Å²) in [6.07, 6.45) is 0. The maximum absolute atomic E-state index is 12.4. The van der Waals surface area contributed by atoms with E-state index in [0.717, 1.165) is 11.3 Å². The molecule has 4 nitrogen and oxygen atoms in total. The molecule has 0 saturated carbocycles. The zero-order valence-corrected chi connectivity index (χ0v) is 14.3. The number of carbonyl (C=O) groups excluding carboxylic acids is 1. The van der Waals surface area contributed by atoms with Crippen molar-refractivity contribution in [2.45, 2.75) is 20.8 Å². The van der Waals surface area contributed by atoms with Gasteiger partial charge >= 0.3 is 0 Å². The van der Waals surface area contributed by atoms with E-state index >= 15 is 0 Å². The normalized spacial score (nSPS) is 10.0. The van der Waals surface area contributed by atoms with Crippen molar-refractivity contribution >= 4 is 28.9 Å². The van der Waals surface area contributed by atoms with Crippen LogP contribution in [0.5, 0.6) is 5.75 Å². The molecule has 2 N–H and O–H groups in total. The van der Waals surface area contributed by atoms with E-state index in [2.05, 4.69) is 16.7 Å². The van der Waals surface area contributed by atoms with Gasteiger partial charge in [-0.1, -0.05) is 29.8 Å². The van der Waals surface area contributed by atoms with Gasteiger partial charge in [-0.05, 0) is 56.8 Å². The molecule has 23 heavy (non-hydrogen) atoms. The van der Waals surface area contributed by atoms with Gasteiger partial charge in [-0.15, -0.1) is 0 Å². The van der Waals surface area contributed by atoms with Crippen LogP contribution in [0.3, 0.4) is 0 Å². The van der Waals surface area contributed by atoms with Gasteiger partial charge in [-0.3, -0.25) is 10.1 Å². The molecule has 0 aromatic heterocycles. The predicted molar refractivity (Wildman–Crippen MR) is 97.2 cm³/mol. The summed E-state index contributed by atoms with van der Waals surface area (Å²) in [5.74, 6) is 0.248. The minimum atomic E-state index is -0.295. The molecule has 0 saturated heterocycles. The monoisotopic (exact) mass is 328 g/mol. The molecule has 120 valence electrons. The van der Waals surface area contributed by atoms with Crippen molar-refractivity contribution in [1.82, 2.24) is 5.32 Å². The first-order valence-corrected chi connectivity index (χ1v) is 7.83. The summed E-state index contributed by atoms with van der Waals surface area (Å²) >= 11 is 5.23. The molecule has 0 bridgehead atoms. The zero-order chi connectivity index (χ0) is 16.8. The Balaban J connectivity index is 2.07. The summed E-state index contributed by atoms with van der Waals surface area (Å²) in [6.45, 7) is 6.39. The highest BCUT2D eigenvalue weighted by molar-refractivity contribution is 7.80. The number of hydrogen-bond acceptors (Lipinski definition) is 3. The number of ether oxygens (including phenoxy) is 1. The standard InChI is InChI=1S/C18H20N2O2S/c1-4-22-16-8-6-5-7-14(16)17(21)20-18(23)19-15-10-9-12(2)11-13(15)3/h5-11H,4H2,1-3H3,(H2,19,20,21,23). The first-order valence-electron chi connectivity index (χ1n) is 7.42. The van der Waals surface area contributed by atoms with Gasteiger partial charge in [0, 0.05) is 5.69 Å². The molecule has 2 aromatic rings. The van der Waals surface area contributed by atoms with E-state index in [1.807, 2.05) is 39.0 Å². The van der Waals surface area contributed by atoms with Gasteiger partial charge in [0.2, 0.25) is 0 Å². The molecule has 5 heteroatoms. The van der Waals surface area contributed by atoms with E-state index < -0.39 is 0 Å². The van der Waals surface area contributed by atoms with Gasteiger partial charge in [0.15, 0.2) is 5.11 Å². The first-order chi connectivity index (χ1) is 11.0. The first kappa shape index (κ1) is 17.0. The average Bonchev–Trinajstić information content (AvgIpc) is 2.51. The third-order valence-electron chi connectivity index (χ3n) is 3.29. The Morgan fingerprint density at radius 1 is 1.17 bits per heavy atom. The number of anilines is 1. The number of hydrogen-bond donors (Lipinski definition) is 2. The molecule has 2 aromatic carbocycles. The van der Waals surface area contributed by atoms with E-state index in [9.17, 15) is 4.79 Å². The fourth-order valence-corrected chi connectivity index (χ4v) is 2.42. The van der Waals surface area contributed by atoms with Crippen molar-refractivity contribution in [1.29, 1.82) is 0 Å². The Bertz CT molecular complexity index is 729. The molecule has 0 aliphatic heterocycles. The van der Waals surface area contributed by atoms with E-state index in [1.165, 1.54) is 5.56 Å². The largest absolute Gasteiger partial charge is 0.493 e. The molecule has 0 aliphatic rings. The van der Waals surface area contributed by atoms with Crippen molar-refractivity contribution in [3.05, 3.63) is 59.2 Å². The molecule has 1 amide bonds. The lowest BCUT2D eigenvalue weighted by molar-refractivity contribution is 0.0974. The molecule has 0 atom stereocenters. The minimum absolute atomic E-state index is 0.258. The molecule has 0 radical (unpaired) electrons. The summed E-state index contributed by atoms with van der Waals surface area (Å²) in [6, 6.07) is 13.1. The van der Waals surface area contributed by atoms with E-state index in [1.54, 1.807) is 18.2 Å². The van der Waals surface area contributed by atoms with E-state index in [0.29, 0.717) is 17.9 Å². The van der Waals surface area contributed by atoms with Crippen molar-refractivity contribution in [3.63, 3.8) is 0 Å². The summed E-state index contributed by atoms with van der Waals surface area (Å²) in [5, 5.41) is 5.99. The van der Waals surface area contributed by atoms with Crippen LogP contribution in [0.1, 0.15) is 28.4 Å². The second kappa shape index (κ2) is 7.74. The SMILES string of the molecule is CCOc1ccccc1C(=O)NC(=S)Nc1ccc(C)cc1C. The molecule has 2 rings (SSSR count). The Hall–Kier alpha value is -2.40. The third-order valence-corrected chi connectivity index (χ3v) is 3.49. The number of benzene rings is 2. The van der Waals surface area contributed by atoms with Crippen LogP contribution in [-0.2, 0) is 0 Å². The molecular weight excluding hydrogens is 308 g/mol. The van der Waals surface area contributed by atoms with Crippen LogP contribution in [0.4, 0.5) is 5.69 Å². The number of para-hydroxylation sites is 1. The van der Waals surface area contributed by atoms with Crippen LogP contribution in [0, 0.1) is 13.8 Å². The third kappa shape index (κ3) is 4.53. The maximum Gasteiger partial charge on any atom is 0.261 e.